The lowest BCUT2D eigenvalue weighted by Gasteiger charge is -1.61. The van der Waals surface area contributed by atoms with Crippen molar-refractivity contribution >= 4 is 15.9 Å². The third-order valence-electron chi connectivity index (χ3n) is 0.346. The number of halogens is 1. The summed E-state index contributed by atoms with van der Waals surface area (Å²) in [5.41, 5.74) is 0. The Morgan fingerprint density at radius 1 is 2.17 bits per heavy atom. The fourth-order valence-electron chi connectivity index (χ4n) is 0.163. The van der Waals surface area contributed by atoms with E-state index in [1.165, 1.54) is 0 Å². The van der Waals surface area contributed by atoms with Crippen LogP contribution in [0.25, 0.3) is 0 Å². The Morgan fingerprint density at radius 2 is 3.00 bits per heavy atom. The van der Waals surface area contributed by atoms with E-state index < -0.39 is 0 Å². The first-order valence-electron chi connectivity index (χ1n) is 1.84. The quantitative estimate of drug-likeness (QED) is 0.585. The number of hydrogen-bond acceptors (Lipinski definition) is 2. The van der Waals surface area contributed by atoms with Gasteiger partial charge in [0.2, 0.25) is 0 Å². The molecule has 3 nitrogen and oxygen atoms in total. The van der Waals surface area contributed by atoms with Crippen molar-refractivity contribution in [1.82, 2.24) is 15.4 Å². The topological polar surface area (TPSA) is 41.6 Å². The van der Waals surface area contributed by atoms with E-state index in [9.17, 15) is 0 Å². The van der Waals surface area contributed by atoms with Crippen LogP contribution in [0.4, 0.5) is 0 Å². The molecular formula is C2H2BrN3. The van der Waals surface area contributed by atoms with Gasteiger partial charge in [-0.25, -0.2) is 0 Å². The van der Waals surface area contributed by atoms with Crippen LogP contribution in [0.15, 0.2) is 10.8 Å². The fourth-order valence-corrected chi connectivity index (χ4v) is 0.321. The molecule has 4 heteroatoms. The molecule has 0 amide bonds. The number of nitrogens with zero attached hydrogens (tertiary/aromatic N) is 2. The predicted octanol–water partition coefficient (Wildman–Crippen LogP) is 0.567. The van der Waals surface area contributed by atoms with E-state index in [2.05, 4.69) is 31.3 Å². The minimum Gasteiger partial charge on any atom is -0.251 e. The van der Waals surface area contributed by atoms with Crippen molar-refractivity contribution in [2.75, 3.05) is 0 Å². The zero-order chi connectivity index (χ0) is 5.28. The largest absolute Gasteiger partial charge is 0.251 e. The summed E-state index contributed by atoms with van der Waals surface area (Å²) in [5, 5.41) is 9.08. The Hall–Kier alpha value is -0.380. The molecule has 0 radical (unpaired) electrons. The van der Waals surface area contributed by atoms with E-state index in [1.54, 1.807) is 0 Å². The fraction of sp³-hybridized carbons (Fsp3) is 0. The molecule has 0 fully saturated rings. The molecule has 1 aromatic rings. The second kappa shape index (κ2) is 1.38. The predicted molar refractivity (Wildman–Crippen MR) is 24.1 cm³/mol. The van der Waals surface area contributed by atoms with Crippen molar-refractivity contribution in [3.8, 4) is 0 Å². The van der Waals surface area contributed by atoms with Crippen LogP contribution in [0.2, 0.25) is 0 Å². The van der Waals surface area contributed by atoms with Crippen molar-refractivity contribution in [1.29, 1.82) is 0 Å². The Morgan fingerprint density at radius 3 is 3.17 bits per heavy atom. The molecular weight excluding hydrogens is 146 g/mol. The minimum atomic E-state index is 0.139. The molecule has 0 aliphatic heterocycles. The molecule has 0 aliphatic rings. The van der Waals surface area contributed by atoms with Gasteiger partial charge in [0.15, 0.2) is 0 Å². The highest BCUT2D eigenvalue weighted by Gasteiger charge is 1.78. The van der Waals surface area contributed by atoms with Gasteiger partial charge in [-0.15, -0.1) is 5.10 Å². The van der Waals surface area contributed by atoms with E-state index in [1.807, 2.05) is 0 Å². The van der Waals surface area contributed by atoms with Crippen LogP contribution in [0.1, 0.15) is 1.37 Å². The van der Waals surface area contributed by atoms with Gasteiger partial charge in [-0.3, -0.25) is 5.10 Å². The average Bonchev–Trinajstić information content (AvgIpc) is 1.91. The lowest BCUT2D eigenvalue weighted by Crippen LogP contribution is -1.63. The van der Waals surface area contributed by atoms with Crippen molar-refractivity contribution in [3.63, 3.8) is 0 Å². The number of aromatic amines is 1. The molecule has 0 spiro atoms. The molecule has 6 heavy (non-hydrogen) atoms. The molecule has 1 aromatic heterocycles. The van der Waals surface area contributed by atoms with Gasteiger partial charge >= 0.3 is 0 Å². The monoisotopic (exact) mass is 148 g/mol. The molecule has 0 saturated heterocycles. The van der Waals surface area contributed by atoms with Gasteiger partial charge in [-0.05, 0) is 15.9 Å². The van der Waals surface area contributed by atoms with Crippen LogP contribution in [-0.4, -0.2) is 15.4 Å². The molecule has 1 N–H and O–H groups in total. The smallest absolute Gasteiger partial charge is 0.121 e. The molecule has 0 aromatic carbocycles. The summed E-state index contributed by atoms with van der Waals surface area (Å²) in [4.78, 5) is 0. The first-order valence-corrected chi connectivity index (χ1v) is 2.13. The number of H-pyrrole nitrogens is 1. The second-order valence-corrected chi connectivity index (χ2v) is 1.53. The van der Waals surface area contributed by atoms with Crippen LogP contribution in [0.3, 0.4) is 0 Å². The SMILES string of the molecule is [2H]c1nn[nH]c1Br. The number of rotatable bonds is 0. The average molecular weight is 149 g/mol. The van der Waals surface area contributed by atoms with Crippen LogP contribution >= 0.6 is 15.9 Å². The summed E-state index contributed by atoms with van der Waals surface area (Å²) in [6.07, 6.45) is 0.139. The Labute approximate surface area is 44.3 Å². The third kappa shape index (κ3) is 0.567. The Balaban J connectivity index is 3.12. The standard InChI is InChI=1S/C2H2BrN3/c3-2-1-4-6-5-2/h1H,(H,4,5,6)/i1D. The highest BCUT2D eigenvalue weighted by molar-refractivity contribution is 9.10. The number of nitrogens with one attached hydrogen (secondary N) is 1. The van der Waals surface area contributed by atoms with Gasteiger partial charge in [-0.1, -0.05) is 5.21 Å². The van der Waals surface area contributed by atoms with Gasteiger partial charge in [-0.2, -0.15) is 0 Å². The van der Waals surface area contributed by atoms with Crippen molar-refractivity contribution in [2.45, 2.75) is 0 Å². The maximum Gasteiger partial charge on any atom is 0.121 e. The van der Waals surface area contributed by atoms with Crippen LogP contribution < -0.4 is 0 Å². The summed E-state index contributed by atoms with van der Waals surface area (Å²) in [7, 11) is 0. The van der Waals surface area contributed by atoms with Gasteiger partial charge < -0.3 is 0 Å². The van der Waals surface area contributed by atoms with E-state index in [4.69, 9.17) is 1.37 Å². The summed E-state index contributed by atoms with van der Waals surface area (Å²) < 4.78 is 7.37. The normalized spacial score (nSPS) is 11.2. The highest BCUT2D eigenvalue weighted by atomic mass is 79.9. The highest BCUT2D eigenvalue weighted by Crippen LogP contribution is 1.96. The maximum atomic E-state index is 6.85. The summed E-state index contributed by atoms with van der Waals surface area (Å²) in [5.74, 6) is 0. The number of aromatic nitrogens is 3. The van der Waals surface area contributed by atoms with E-state index >= 15 is 0 Å². The lowest BCUT2D eigenvalue weighted by atomic mass is 11.0. The van der Waals surface area contributed by atoms with Gasteiger partial charge in [0.1, 0.15) is 4.60 Å². The Kier molecular flexibility index (Phi) is 0.630. The number of hydrogen-bond donors (Lipinski definition) is 1. The van der Waals surface area contributed by atoms with E-state index in [0.717, 1.165) is 0 Å². The van der Waals surface area contributed by atoms with Gasteiger partial charge in [0, 0.05) is 0 Å². The van der Waals surface area contributed by atoms with Crippen LogP contribution in [-0.2, 0) is 0 Å². The first-order chi connectivity index (χ1) is 3.30. The second-order valence-electron chi connectivity index (χ2n) is 0.738. The zero-order valence-corrected chi connectivity index (χ0v) is 4.36. The molecule has 32 valence electrons. The van der Waals surface area contributed by atoms with E-state index in [0.29, 0.717) is 4.60 Å². The van der Waals surface area contributed by atoms with Crippen LogP contribution in [0, 0.1) is 0 Å². The molecule has 0 unspecified atom stereocenters. The first kappa shape index (κ1) is 2.74. The molecule has 0 atom stereocenters. The van der Waals surface area contributed by atoms with Gasteiger partial charge in [0.25, 0.3) is 0 Å². The lowest BCUT2D eigenvalue weighted by molar-refractivity contribution is 0.934. The molecule has 1 rings (SSSR count). The third-order valence-corrected chi connectivity index (χ3v) is 0.701. The van der Waals surface area contributed by atoms with Crippen molar-refractivity contribution in [2.24, 2.45) is 0 Å². The Bertz CT molecular complexity index is 145. The van der Waals surface area contributed by atoms with Crippen molar-refractivity contribution in [3.05, 3.63) is 10.8 Å². The summed E-state index contributed by atoms with van der Waals surface area (Å²) >= 11 is 3.00. The molecule has 0 aliphatic carbocycles. The summed E-state index contributed by atoms with van der Waals surface area (Å²) in [6, 6.07) is 0. The zero-order valence-electron chi connectivity index (χ0n) is 3.77. The molecule has 0 bridgehead atoms. The van der Waals surface area contributed by atoms with Crippen molar-refractivity contribution < 1.29 is 1.37 Å². The molecule has 1 heterocycles. The van der Waals surface area contributed by atoms with E-state index in [-0.39, 0.29) is 6.17 Å². The van der Waals surface area contributed by atoms with Crippen LogP contribution in [0.5, 0.6) is 0 Å². The maximum absolute atomic E-state index is 6.85. The molecule has 0 saturated carbocycles. The summed E-state index contributed by atoms with van der Waals surface area (Å²) in [6.45, 7) is 0. The van der Waals surface area contributed by atoms with Gasteiger partial charge in [0.05, 0.1) is 7.54 Å². The minimum absolute atomic E-state index is 0.139.